The molecule has 19 heavy (non-hydrogen) atoms. The van der Waals surface area contributed by atoms with Crippen LogP contribution in [0.3, 0.4) is 0 Å². The Hall–Kier alpha value is -1.97. The lowest BCUT2D eigenvalue weighted by Crippen LogP contribution is -2.05. The number of hydrogen-bond acceptors (Lipinski definition) is 6. The van der Waals surface area contributed by atoms with Crippen molar-refractivity contribution in [3.8, 4) is 11.6 Å². The highest BCUT2D eigenvalue weighted by Gasteiger charge is 2.24. The quantitative estimate of drug-likeness (QED) is 0.505. The lowest BCUT2D eigenvalue weighted by molar-refractivity contribution is -0.386. The Bertz CT molecular complexity index is 648. The van der Waals surface area contributed by atoms with Crippen molar-refractivity contribution in [1.29, 1.82) is 0 Å². The van der Waals surface area contributed by atoms with Crippen LogP contribution < -0.4 is 10.5 Å². The first-order valence-electron chi connectivity index (χ1n) is 5.20. The molecule has 2 rings (SSSR count). The van der Waals surface area contributed by atoms with Crippen molar-refractivity contribution >= 4 is 34.2 Å². The van der Waals surface area contributed by atoms with E-state index in [4.69, 9.17) is 10.5 Å². The number of nitro groups is 1. The monoisotopic (exact) mass is 372 g/mol. The van der Waals surface area contributed by atoms with Crippen LogP contribution >= 0.6 is 22.6 Å². The van der Waals surface area contributed by atoms with E-state index in [1.54, 1.807) is 12.1 Å². The lowest BCUT2D eigenvalue weighted by Gasteiger charge is -2.08. The van der Waals surface area contributed by atoms with Crippen molar-refractivity contribution in [3.05, 3.63) is 43.6 Å². The molecule has 1 aromatic carbocycles. The van der Waals surface area contributed by atoms with Gasteiger partial charge < -0.3 is 10.5 Å². The molecule has 0 fully saturated rings. The number of anilines is 1. The number of aryl methyl sites for hydroxylation is 1. The first-order chi connectivity index (χ1) is 8.99. The van der Waals surface area contributed by atoms with E-state index >= 15 is 0 Å². The summed E-state index contributed by atoms with van der Waals surface area (Å²) in [5.41, 5.74) is 5.38. The van der Waals surface area contributed by atoms with Crippen LogP contribution in [0.2, 0.25) is 0 Å². The van der Waals surface area contributed by atoms with E-state index in [1.165, 1.54) is 6.92 Å². The largest absolute Gasteiger partial charge is 0.432 e. The molecule has 0 aliphatic carbocycles. The van der Waals surface area contributed by atoms with E-state index in [-0.39, 0.29) is 23.2 Å². The molecule has 0 aliphatic rings. The molecule has 1 aromatic heterocycles. The molecule has 0 saturated carbocycles. The third-order valence-electron chi connectivity index (χ3n) is 2.27. The molecule has 7 nitrogen and oxygen atoms in total. The highest BCUT2D eigenvalue weighted by atomic mass is 127. The molecular weight excluding hydrogens is 363 g/mol. The molecule has 98 valence electrons. The van der Waals surface area contributed by atoms with Crippen molar-refractivity contribution in [3.63, 3.8) is 0 Å². The number of rotatable bonds is 3. The predicted molar refractivity (Wildman–Crippen MR) is 77.1 cm³/mol. The molecule has 1 heterocycles. The Morgan fingerprint density at radius 1 is 1.37 bits per heavy atom. The summed E-state index contributed by atoms with van der Waals surface area (Å²) in [6.07, 6.45) is 0. The van der Waals surface area contributed by atoms with Crippen molar-refractivity contribution in [2.45, 2.75) is 6.92 Å². The fourth-order valence-corrected chi connectivity index (χ4v) is 1.97. The van der Waals surface area contributed by atoms with Crippen LogP contribution in [0, 0.1) is 20.6 Å². The molecule has 0 bridgehead atoms. The maximum absolute atomic E-state index is 11.0. The Balaban J connectivity index is 2.51. The van der Waals surface area contributed by atoms with Gasteiger partial charge in [0.25, 0.3) is 0 Å². The summed E-state index contributed by atoms with van der Waals surface area (Å²) >= 11 is 2.06. The summed E-state index contributed by atoms with van der Waals surface area (Å²) in [6.45, 7) is 1.49. The number of halogens is 1. The van der Waals surface area contributed by atoms with E-state index in [1.807, 2.05) is 12.1 Å². The maximum Gasteiger partial charge on any atom is 0.352 e. The summed E-state index contributed by atoms with van der Waals surface area (Å²) in [5, 5.41) is 11.0. The zero-order chi connectivity index (χ0) is 14.0. The van der Waals surface area contributed by atoms with Gasteiger partial charge in [0.05, 0.1) is 8.49 Å². The molecule has 2 N–H and O–H groups in total. The summed E-state index contributed by atoms with van der Waals surface area (Å²) in [6, 6.07) is 7.11. The molecule has 0 amide bonds. The topological polar surface area (TPSA) is 104 Å². The molecule has 0 aliphatic heterocycles. The molecule has 0 unspecified atom stereocenters. The summed E-state index contributed by atoms with van der Waals surface area (Å²) in [7, 11) is 0. The second kappa shape index (κ2) is 5.34. The highest BCUT2D eigenvalue weighted by molar-refractivity contribution is 14.1. The first kappa shape index (κ1) is 13.5. The van der Waals surface area contributed by atoms with Gasteiger partial charge in [0.15, 0.2) is 0 Å². The van der Waals surface area contributed by atoms with E-state index in [0.29, 0.717) is 5.75 Å². The predicted octanol–water partition coefficient (Wildman–Crippen LogP) is 2.67. The summed E-state index contributed by atoms with van der Waals surface area (Å²) in [5.74, 6) is 0.256. The molecule has 0 spiro atoms. The Morgan fingerprint density at radius 2 is 2.05 bits per heavy atom. The van der Waals surface area contributed by atoms with Crippen LogP contribution in [0.15, 0.2) is 24.3 Å². The number of benzene rings is 1. The van der Waals surface area contributed by atoms with E-state index in [0.717, 1.165) is 3.57 Å². The van der Waals surface area contributed by atoms with E-state index in [9.17, 15) is 10.1 Å². The number of nitrogens with zero attached hydrogens (tertiary/aromatic N) is 3. The molecular formula is C11H9IN4O3. The maximum atomic E-state index is 11.0. The zero-order valence-electron chi connectivity index (χ0n) is 9.83. The fraction of sp³-hybridized carbons (Fsp3) is 0.0909. The van der Waals surface area contributed by atoms with Crippen LogP contribution in [0.5, 0.6) is 11.6 Å². The van der Waals surface area contributed by atoms with Gasteiger partial charge in [0.2, 0.25) is 5.95 Å². The van der Waals surface area contributed by atoms with E-state index in [2.05, 4.69) is 32.6 Å². The minimum atomic E-state index is -0.583. The SMILES string of the molecule is Cc1nc(N)nc(Oc2ccccc2I)c1[N+](=O)[O-]. The second-order valence-electron chi connectivity index (χ2n) is 3.61. The summed E-state index contributed by atoms with van der Waals surface area (Å²) < 4.78 is 6.29. The van der Waals surface area contributed by atoms with Crippen LogP contribution in [-0.2, 0) is 0 Å². The van der Waals surface area contributed by atoms with Gasteiger partial charge in [-0.05, 0) is 41.6 Å². The first-order valence-corrected chi connectivity index (χ1v) is 6.28. The third-order valence-corrected chi connectivity index (χ3v) is 3.16. The Labute approximate surface area is 122 Å². The Morgan fingerprint density at radius 3 is 2.68 bits per heavy atom. The van der Waals surface area contributed by atoms with Crippen LogP contribution in [-0.4, -0.2) is 14.9 Å². The van der Waals surface area contributed by atoms with Gasteiger partial charge >= 0.3 is 11.6 Å². The minimum absolute atomic E-state index is 0.0657. The number of ether oxygens (including phenoxy) is 1. The lowest BCUT2D eigenvalue weighted by atomic mass is 10.3. The highest BCUT2D eigenvalue weighted by Crippen LogP contribution is 2.33. The van der Waals surface area contributed by atoms with Crippen molar-refractivity contribution in [2.75, 3.05) is 5.73 Å². The van der Waals surface area contributed by atoms with Crippen LogP contribution in [0.4, 0.5) is 11.6 Å². The van der Waals surface area contributed by atoms with Gasteiger partial charge in [0, 0.05) is 0 Å². The molecule has 2 aromatic rings. The van der Waals surface area contributed by atoms with Crippen molar-refractivity contribution in [2.24, 2.45) is 0 Å². The molecule has 0 radical (unpaired) electrons. The van der Waals surface area contributed by atoms with Gasteiger partial charge in [-0.25, -0.2) is 4.98 Å². The number of para-hydroxylation sites is 1. The van der Waals surface area contributed by atoms with Gasteiger partial charge in [-0.3, -0.25) is 10.1 Å². The third kappa shape index (κ3) is 2.89. The van der Waals surface area contributed by atoms with E-state index < -0.39 is 4.92 Å². The van der Waals surface area contributed by atoms with Crippen LogP contribution in [0.25, 0.3) is 0 Å². The number of aromatic nitrogens is 2. The average molecular weight is 372 g/mol. The number of nitrogen functional groups attached to an aromatic ring is 1. The second-order valence-corrected chi connectivity index (χ2v) is 4.77. The summed E-state index contributed by atoms with van der Waals surface area (Å²) in [4.78, 5) is 18.0. The number of nitrogens with two attached hydrogens (primary N) is 1. The smallest absolute Gasteiger partial charge is 0.352 e. The fourth-order valence-electron chi connectivity index (χ4n) is 1.47. The standard InChI is InChI=1S/C11H9IN4O3/c1-6-9(16(17)18)10(15-11(13)14-6)19-8-5-3-2-4-7(8)12/h2-5H,1H3,(H2,13,14,15). The molecule has 8 heteroatoms. The Kier molecular flexibility index (Phi) is 3.79. The average Bonchev–Trinajstić information content (AvgIpc) is 2.30. The van der Waals surface area contributed by atoms with Crippen molar-refractivity contribution < 1.29 is 9.66 Å². The molecule has 0 saturated heterocycles. The molecule has 0 atom stereocenters. The van der Waals surface area contributed by atoms with Crippen LogP contribution in [0.1, 0.15) is 5.69 Å². The van der Waals surface area contributed by atoms with Gasteiger partial charge in [0.1, 0.15) is 11.4 Å². The number of hydrogen-bond donors (Lipinski definition) is 1. The van der Waals surface area contributed by atoms with Gasteiger partial charge in [-0.15, -0.1) is 0 Å². The minimum Gasteiger partial charge on any atom is -0.432 e. The zero-order valence-corrected chi connectivity index (χ0v) is 12.0. The van der Waals surface area contributed by atoms with Gasteiger partial charge in [-0.1, -0.05) is 12.1 Å². The normalized spacial score (nSPS) is 10.2. The van der Waals surface area contributed by atoms with Gasteiger partial charge in [-0.2, -0.15) is 4.98 Å². The van der Waals surface area contributed by atoms with Crippen molar-refractivity contribution in [1.82, 2.24) is 9.97 Å².